The van der Waals surface area contributed by atoms with Crippen molar-refractivity contribution in [2.45, 2.75) is 6.18 Å². The summed E-state index contributed by atoms with van der Waals surface area (Å²) in [6.45, 7) is 2.42. The van der Waals surface area contributed by atoms with Crippen LogP contribution < -0.4 is 15.0 Å². The number of rotatable bonds is 5. The summed E-state index contributed by atoms with van der Waals surface area (Å²) in [6, 6.07) is 8.64. The molecule has 1 aliphatic heterocycles. The number of ether oxygens (including phenoxy) is 2. The van der Waals surface area contributed by atoms with Gasteiger partial charge in [-0.2, -0.15) is 13.2 Å². The van der Waals surface area contributed by atoms with Crippen molar-refractivity contribution in [3.63, 3.8) is 0 Å². The lowest BCUT2D eigenvalue weighted by atomic mass is 10.1. The second kappa shape index (κ2) is 10.6. The smallest absolute Gasteiger partial charge is 0.417 e. The number of hydrogen-bond acceptors (Lipinski definition) is 6. The van der Waals surface area contributed by atoms with Gasteiger partial charge in [-0.1, -0.05) is 11.6 Å². The van der Waals surface area contributed by atoms with Gasteiger partial charge in [-0.05, 0) is 30.3 Å². The molecule has 1 aliphatic rings. The first-order valence-electron chi connectivity index (χ1n) is 11.5. The zero-order valence-corrected chi connectivity index (χ0v) is 20.6. The summed E-state index contributed by atoms with van der Waals surface area (Å²) in [5.74, 6) is -3.34. The maximum Gasteiger partial charge on any atom is 0.417 e. The van der Waals surface area contributed by atoms with Crippen molar-refractivity contribution in [2.24, 2.45) is 0 Å². The van der Waals surface area contributed by atoms with Crippen LogP contribution in [-0.2, 0) is 10.9 Å². The van der Waals surface area contributed by atoms with E-state index in [0.717, 1.165) is 24.3 Å². The van der Waals surface area contributed by atoms with E-state index < -0.39 is 45.6 Å². The van der Waals surface area contributed by atoms with E-state index in [2.05, 4.69) is 15.3 Å². The average Bonchev–Trinajstić information content (AvgIpc) is 2.90. The second-order valence-corrected chi connectivity index (χ2v) is 8.90. The van der Waals surface area contributed by atoms with E-state index in [9.17, 15) is 26.7 Å². The van der Waals surface area contributed by atoms with Crippen molar-refractivity contribution < 1.29 is 36.2 Å². The Morgan fingerprint density at radius 3 is 2.41 bits per heavy atom. The van der Waals surface area contributed by atoms with Crippen molar-refractivity contribution in [1.29, 1.82) is 0 Å². The zero-order valence-electron chi connectivity index (χ0n) is 19.9. The fraction of sp³-hybridized carbons (Fsp3) is 0.192. The number of morpholine rings is 1. The van der Waals surface area contributed by atoms with Gasteiger partial charge in [-0.25, -0.2) is 13.8 Å². The molecule has 0 aliphatic carbocycles. The van der Waals surface area contributed by atoms with Crippen LogP contribution in [0.3, 0.4) is 0 Å². The Labute approximate surface area is 223 Å². The van der Waals surface area contributed by atoms with Gasteiger partial charge in [0.1, 0.15) is 11.6 Å². The lowest BCUT2D eigenvalue weighted by Gasteiger charge is -2.27. The van der Waals surface area contributed by atoms with Crippen LogP contribution in [0.25, 0.3) is 11.0 Å². The number of amides is 1. The van der Waals surface area contributed by atoms with Crippen molar-refractivity contribution >= 4 is 40.0 Å². The molecule has 5 rings (SSSR count). The molecule has 0 radical (unpaired) electrons. The van der Waals surface area contributed by atoms with Gasteiger partial charge in [-0.15, -0.1) is 0 Å². The molecule has 4 aromatic rings. The molecule has 1 saturated heterocycles. The molecule has 202 valence electrons. The van der Waals surface area contributed by atoms with Gasteiger partial charge >= 0.3 is 6.18 Å². The Balaban J connectivity index is 1.35. The number of aromatic nitrogens is 2. The number of nitrogens with zero attached hydrogens (tertiary/aromatic N) is 3. The Bertz CT molecular complexity index is 1540. The summed E-state index contributed by atoms with van der Waals surface area (Å²) in [4.78, 5) is 23.4. The number of carbonyl (C=O) groups excluding carboxylic acids is 1. The van der Waals surface area contributed by atoms with Crippen LogP contribution >= 0.6 is 11.6 Å². The van der Waals surface area contributed by atoms with E-state index >= 15 is 0 Å². The molecule has 3 aromatic carbocycles. The Hall–Kier alpha value is -4.03. The van der Waals surface area contributed by atoms with Gasteiger partial charge in [0.05, 0.1) is 41.0 Å². The average molecular weight is 565 g/mol. The third-order valence-electron chi connectivity index (χ3n) is 5.85. The molecule has 0 spiro atoms. The quantitative estimate of drug-likeness (QED) is 0.280. The molecular formula is C26H18ClF5N4O3. The highest BCUT2D eigenvalue weighted by molar-refractivity contribution is 6.31. The van der Waals surface area contributed by atoms with Gasteiger partial charge in [-0.3, -0.25) is 9.78 Å². The van der Waals surface area contributed by atoms with Crippen molar-refractivity contribution in [3.05, 3.63) is 82.5 Å². The van der Waals surface area contributed by atoms with E-state index in [4.69, 9.17) is 21.1 Å². The molecule has 0 saturated carbocycles. The Morgan fingerprint density at radius 2 is 1.72 bits per heavy atom. The highest BCUT2D eigenvalue weighted by Crippen LogP contribution is 2.36. The lowest BCUT2D eigenvalue weighted by molar-refractivity contribution is -0.137. The van der Waals surface area contributed by atoms with Gasteiger partial charge in [0.25, 0.3) is 5.91 Å². The number of hydrogen-bond donors (Lipinski definition) is 1. The number of halogens is 6. The molecule has 1 amide bonds. The minimum atomic E-state index is -4.79. The third-order valence-corrected chi connectivity index (χ3v) is 6.18. The molecule has 1 fully saturated rings. The summed E-state index contributed by atoms with van der Waals surface area (Å²) < 4.78 is 79.7. The maximum absolute atomic E-state index is 14.8. The van der Waals surface area contributed by atoms with E-state index in [0.29, 0.717) is 49.2 Å². The fourth-order valence-electron chi connectivity index (χ4n) is 3.92. The molecule has 1 aromatic heterocycles. The predicted molar refractivity (Wildman–Crippen MR) is 133 cm³/mol. The largest absolute Gasteiger partial charge is 0.451 e. The number of fused-ring (bicyclic) bond motifs is 1. The van der Waals surface area contributed by atoms with Crippen LogP contribution in [-0.4, -0.2) is 42.2 Å². The fourth-order valence-corrected chi connectivity index (χ4v) is 4.15. The summed E-state index contributed by atoms with van der Waals surface area (Å²) in [5, 5.41) is 1.59. The molecule has 39 heavy (non-hydrogen) atoms. The summed E-state index contributed by atoms with van der Waals surface area (Å²) >= 11 is 5.57. The molecule has 0 atom stereocenters. The molecule has 0 bridgehead atoms. The van der Waals surface area contributed by atoms with Crippen LogP contribution in [0.15, 0.2) is 54.7 Å². The summed E-state index contributed by atoms with van der Waals surface area (Å²) in [5.41, 5.74) is -0.946. The lowest BCUT2D eigenvalue weighted by Crippen LogP contribution is -2.36. The first kappa shape index (κ1) is 26.6. The Kier molecular flexibility index (Phi) is 7.23. The van der Waals surface area contributed by atoms with Crippen LogP contribution in [0.5, 0.6) is 11.5 Å². The molecule has 2 heterocycles. The maximum atomic E-state index is 14.8. The number of alkyl halides is 3. The van der Waals surface area contributed by atoms with Gasteiger partial charge in [0.2, 0.25) is 0 Å². The first-order valence-corrected chi connectivity index (χ1v) is 11.9. The monoisotopic (exact) mass is 564 g/mol. The minimum absolute atomic E-state index is 0.0892. The SMILES string of the molecule is O=C(Nc1cc(F)c(Oc2ccc3ncc(N4CCOCC4)nc3c2)c(F)c1)c1ccc(Cl)c(C(F)(F)F)c1. The first-order chi connectivity index (χ1) is 18.6. The van der Waals surface area contributed by atoms with E-state index in [1.807, 2.05) is 4.90 Å². The topological polar surface area (TPSA) is 76.6 Å². The second-order valence-electron chi connectivity index (χ2n) is 8.50. The number of benzene rings is 3. The summed E-state index contributed by atoms with van der Waals surface area (Å²) in [7, 11) is 0. The molecule has 1 N–H and O–H groups in total. The molecular weight excluding hydrogens is 547 g/mol. The van der Waals surface area contributed by atoms with E-state index in [-0.39, 0.29) is 11.4 Å². The standard InChI is InChI=1S/C26H18ClF5N4O3/c27-18-3-1-14(9-17(18)26(30,31)32)25(37)34-15-10-19(28)24(20(29)11-15)39-16-2-4-21-22(12-16)35-23(13-33-21)36-5-7-38-8-6-36/h1-4,9-13H,5-8H2,(H,34,37). The number of nitrogens with one attached hydrogen (secondary N) is 1. The van der Waals surface area contributed by atoms with Crippen LogP contribution in [0.4, 0.5) is 33.5 Å². The highest BCUT2D eigenvalue weighted by atomic mass is 35.5. The minimum Gasteiger partial charge on any atom is -0.451 e. The van der Waals surface area contributed by atoms with Crippen molar-refractivity contribution in [3.8, 4) is 11.5 Å². The van der Waals surface area contributed by atoms with Crippen LogP contribution in [0.1, 0.15) is 15.9 Å². The van der Waals surface area contributed by atoms with Crippen molar-refractivity contribution in [2.75, 3.05) is 36.5 Å². The predicted octanol–water partition coefficient (Wildman–Crippen LogP) is 6.46. The summed E-state index contributed by atoms with van der Waals surface area (Å²) in [6.07, 6.45) is -3.16. The van der Waals surface area contributed by atoms with Crippen LogP contribution in [0, 0.1) is 11.6 Å². The molecule has 7 nitrogen and oxygen atoms in total. The Morgan fingerprint density at radius 1 is 1.00 bits per heavy atom. The van der Waals surface area contributed by atoms with Crippen LogP contribution in [0.2, 0.25) is 5.02 Å². The normalized spacial score (nSPS) is 13.9. The van der Waals surface area contributed by atoms with Crippen molar-refractivity contribution in [1.82, 2.24) is 9.97 Å². The number of carbonyl (C=O) groups is 1. The molecule has 0 unspecified atom stereocenters. The van der Waals surface area contributed by atoms with Gasteiger partial charge < -0.3 is 19.7 Å². The number of anilines is 2. The van der Waals surface area contributed by atoms with E-state index in [1.165, 1.54) is 12.1 Å². The highest BCUT2D eigenvalue weighted by Gasteiger charge is 2.34. The molecule has 13 heteroatoms. The van der Waals surface area contributed by atoms with E-state index in [1.54, 1.807) is 12.3 Å². The van der Waals surface area contributed by atoms with Gasteiger partial charge in [0.15, 0.2) is 17.4 Å². The van der Waals surface area contributed by atoms with Gasteiger partial charge in [0, 0.05) is 42.5 Å². The third kappa shape index (κ3) is 5.86. The zero-order chi connectivity index (χ0) is 27.7.